The fourth-order valence-electron chi connectivity index (χ4n) is 3.50. The number of amides is 1. The maximum Gasteiger partial charge on any atom is 0.262 e. The van der Waals surface area contributed by atoms with Crippen LogP contribution in [0.2, 0.25) is 0 Å². The van der Waals surface area contributed by atoms with E-state index in [1.807, 2.05) is 42.1 Å². The Morgan fingerprint density at radius 1 is 1.19 bits per heavy atom. The number of hydrogen-bond acceptors (Lipinski definition) is 5. The summed E-state index contributed by atoms with van der Waals surface area (Å²) >= 11 is 1.55. The lowest BCUT2D eigenvalue weighted by molar-refractivity contribution is -0.118. The number of carbonyl (C=O) groups is 1. The normalized spacial score (nSPS) is 14.7. The average Bonchev–Trinajstić information content (AvgIpc) is 3.15. The topological polar surface area (TPSA) is 68.0 Å². The van der Waals surface area contributed by atoms with Crippen molar-refractivity contribution in [1.82, 2.24) is 4.68 Å². The van der Waals surface area contributed by atoms with Gasteiger partial charge in [0.05, 0.1) is 17.1 Å². The molecule has 4 rings (SSSR count). The van der Waals surface area contributed by atoms with Crippen LogP contribution < -0.4 is 14.9 Å². The Morgan fingerprint density at radius 2 is 1.94 bits per heavy atom. The predicted octanol–water partition coefficient (Wildman–Crippen LogP) is 5.04. The van der Waals surface area contributed by atoms with Crippen molar-refractivity contribution < 1.29 is 9.53 Å². The first-order valence-electron chi connectivity index (χ1n) is 10.7. The van der Waals surface area contributed by atoms with Crippen molar-refractivity contribution in [1.29, 1.82) is 0 Å². The molecule has 0 saturated carbocycles. The van der Waals surface area contributed by atoms with Crippen LogP contribution in [0.5, 0.6) is 5.75 Å². The number of fused-ring (bicyclic) bond motifs is 1. The molecule has 0 unspecified atom stereocenters. The molecule has 1 aliphatic rings. The predicted molar refractivity (Wildman–Crippen MR) is 131 cm³/mol. The third-order valence-corrected chi connectivity index (χ3v) is 6.16. The van der Waals surface area contributed by atoms with Gasteiger partial charge in [-0.05, 0) is 48.6 Å². The molecule has 2 heterocycles. The lowest BCUT2D eigenvalue weighted by Gasteiger charge is -2.19. The molecule has 1 amide bonds. The molecule has 0 bridgehead atoms. The molecule has 0 aliphatic carbocycles. The third-order valence-electron chi connectivity index (χ3n) is 5.31. The van der Waals surface area contributed by atoms with E-state index in [0.29, 0.717) is 18.0 Å². The number of thiazole rings is 1. The molecular formula is C25H28N4O2S. The molecular weight excluding hydrogens is 420 g/mol. The van der Waals surface area contributed by atoms with Gasteiger partial charge in [-0.3, -0.25) is 9.79 Å². The first-order chi connectivity index (χ1) is 15.3. The fraction of sp³-hybridized carbons (Fsp3) is 0.320. The number of rotatable bonds is 4. The molecule has 0 atom stereocenters. The Hall–Kier alpha value is -3.19. The fourth-order valence-corrected chi connectivity index (χ4v) is 4.40. The molecule has 1 aromatic heterocycles. The van der Waals surface area contributed by atoms with E-state index >= 15 is 0 Å². The zero-order chi connectivity index (χ0) is 22.9. The number of benzene rings is 2. The maximum absolute atomic E-state index is 11.7. The molecule has 166 valence electrons. The minimum Gasteiger partial charge on any atom is -0.482 e. The first kappa shape index (κ1) is 22.0. The molecule has 2 aromatic carbocycles. The zero-order valence-corrected chi connectivity index (χ0v) is 19.9. The van der Waals surface area contributed by atoms with Crippen LogP contribution in [0.4, 0.5) is 5.69 Å². The number of nitrogens with zero attached hydrogens (tertiary/aromatic N) is 3. The number of hydrogen-bond donors (Lipinski definition) is 1. The number of ether oxygens (including phenoxy) is 1. The summed E-state index contributed by atoms with van der Waals surface area (Å²) in [5.74, 6) is 0.523. The molecule has 0 spiro atoms. The largest absolute Gasteiger partial charge is 0.482 e. The third kappa shape index (κ3) is 4.53. The van der Waals surface area contributed by atoms with Crippen LogP contribution >= 0.6 is 11.3 Å². The summed E-state index contributed by atoms with van der Waals surface area (Å²) in [5, 5.41) is 9.85. The van der Waals surface area contributed by atoms with Crippen molar-refractivity contribution in [3.05, 3.63) is 63.8 Å². The molecule has 6 nitrogen and oxygen atoms in total. The molecule has 7 heteroatoms. The lowest BCUT2D eigenvalue weighted by Crippen LogP contribution is -2.25. The summed E-state index contributed by atoms with van der Waals surface area (Å²) in [6, 6.07) is 14.3. The van der Waals surface area contributed by atoms with Crippen LogP contribution in [0.15, 0.2) is 57.9 Å². The summed E-state index contributed by atoms with van der Waals surface area (Å²) in [4.78, 5) is 17.2. The lowest BCUT2D eigenvalue weighted by atomic mass is 9.86. The van der Waals surface area contributed by atoms with E-state index < -0.39 is 0 Å². The van der Waals surface area contributed by atoms with E-state index in [4.69, 9.17) is 9.84 Å². The highest BCUT2D eigenvalue weighted by Crippen LogP contribution is 2.33. The van der Waals surface area contributed by atoms with Crippen molar-refractivity contribution in [2.24, 2.45) is 10.1 Å². The highest BCUT2D eigenvalue weighted by Gasteiger charge is 2.18. The number of aromatic nitrogens is 1. The smallest absolute Gasteiger partial charge is 0.262 e. The van der Waals surface area contributed by atoms with Gasteiger partial charge in [0.2, 0.25) is 4.80 Å². The molecule has 1 N–H and O–H groups in total. The highest BCUT2D eigenvalue weighted by molar-refractivity contribution is 7.07. The van der Waals surface area contributed by atoms with Crippen LogP contribution in [-0.2, 0) is 10.2 Å². The second kappa shape index (κ2) is 8.74. The van der Waals surface area contributed by atoms with Gasteiger partial charge < -0.3 is 10.1 Å². The van der Waals surface area contributed by atoms with Gasteiger partial charge in [0.15, 0.2) is 6.61 Å². The summed E-state index contributed by atoms with van der Waals surface area (Å²) < 4.78 is 7.38. The van der Waals surface area contributed by atoms with Crippen molar-refractivity contribution in [3.8, 4) is 17.0 Å². The van der Waals surface area contributed by atoms with Crippen LogP contribution in [0.25, 0.3) is 11.3 Å². The Balaban J connectivity index is 1.76. The second-order valence-corrected chi connectivity index (χ2v) is 9.59. The summed E-state index contributed by atoms with van der Waals surface area (Å²) in [6.07, 6.45) is 0. The van der Waals surface area contributed by atoms with Gasteiger partial charge in [-0.25, -0.2) is 4.68 Å². The van der Waals surface area contributed by atoms with Crippen molar-refractivity contribution in [3.63, 3.8) is 0 Å². The molecule has 0 saturated heterocycles. The monoisotopic (exact) mass is 448 g/mol. The summed E-state index contributed by atoms with van der Waals surface area (Å²) in [5.41, 5.74) is 5.88. The van der Waals surface area contributed by atoms with E-state index in [-0.39, 0.29) is 17.9 Å². The van der Waals surface area contributed by atoms with Crippen molar-refractivity contribution in [2.45, 2.75) is 40.0 Å². The Labute approximate surface area is 192 Å². The van der Waals surface area contributed by atoms with E-state index in [0.717, 1.165) is 27.3 Å². The van der Waals surface area contributed by atoms with Gasteiger partial charge in [-0.2, -0.15) is 5.10 Å². The van der Waals surface area contributed by atoms with E-state index in [1.165, 1.54) is 5.56 Å². The summed E-state index contributed by atoms with van der Waals surface area (Å²) in [6.45, 7) is 11.4. The van der Waals surface area contributed by atoms with Crippen LogP contribution in [0, 0.1) is 0 Å². The van der Waals surface area contributed by atoms with E-state index in [9.17, 15) is 4.79 Å². The van der Waals surface area contributed by atoms with Crippen LogP contribution in [0.1, 0.15) is 45.7 Å². The van der Waals surface area contributed by atoms with Crippen LogP contribution in [-0.4, -0.2) is 29.4 Å². The van der Waals surface area contributed by atoms with Gasteiger partial charge in [0.1, 0.15) is 5.75 Å². The van der Waals surface area contributed by atoms with Crippen LogP contribution in [0.3, 0.4) is 0 Å². The zero-order valence-electron chi connectivity index (χ0n) is 19.1. The molecule has 0 radical (unpaired) electrons. The van der Waals surface area contributed by atoms with Gasteiger partial charge in [0, 0.05) is 17.5 Å². The van der Waals surface area contributed by atoms with Gasteiger partial charge >= 0.3 is 0 Å². The Kier molecular flexibility index (Phi) is 6.02. The standard InChI is InChI=1S/C25H28N4O2S/c1-6-26-24-29(28-16(2)17-7-10-19(11-8-17)25(3,4)5)21(15-32-24)18-9-12-22-20(13-18)27-23(30)14-31-22/h7-13,15H,6,14H2,1-5H3,(H,27,30). The minimum absolute atomic E-state index is 0.0435. The number of carbonyl (C=O) groups excluding carboxylic acids is 1. The molecule has 0 fully saturated rings. The molecule has 32 heavy (non-hydrogen) atoms. The number of anilines is 1. The average molecular weight is 449 g/mol. The first-order valence-corrected chi connectivity index (χ1v) is 11.6. The molecule has 1 aliphatic heterocycles. The van der Waals surface area contributed by atoms with Gasteiger partial charge in [-0.15, -0.1) is 11.3 Å². The van der Waals surface area contributed by atoms with Crippen molar-refractivity contribution in [2.75, 3.05) is 18.5 Å². The Bertz CT molecular complexity index is 1240. The number of nitrogens with one attached hydrogen (secondary N) is 1. The van der Waals surface area contributed by atoms with Gasteiger partial charge in [0.25, 0.3) is 5.91 Å². The van der Waals surface area contributed by atoms with E-state index in [1.54, 1.807) is 11.3 Å². The van der Waals surface area contributed by atoms with E-state index in [2.05, 4.69) is 55.3 Å². The quantitative estimate of drug-likeness (QED) is 0.568. The maximum atomic E-state index is 11.7. The SMILES string of the molecule is CCN=c1scc(-c2ccc3c(c2)NC(=O)CO3)n1N=C(C)c1ccc(C(C)(C)C)cc1. The van der Waals surface area contributed by atoms with Crippen molar-refractivity contribution >= 4 is 28.6 Å². The summed E-state index contributed by atoms with van der Waals surface area (Å²) in [7, 11) is 0. The Morgan fingerprint density at radius 3 is 2.62 bits per heavy atom. The highest BCUT2D eigenvalue weighted by atomic mass is 32.1. The molecule has 3 aromatic rings. The minimum atomic E-state index is -0.151. The second-order valence-electron chi connectivity index (χ2n) is 8.75. The van der Waals surface area contributed by atoms with Gasteiger partial charge in [-0.1, -0.05) is 45.0 Å².